The standard InChI is InChI=1S/C16H15ClN2O4/c1-10(11-5-2-3-7-13(11)17)19-14(20)9-23-16(22)12-6-4-8-18-15(12)21/h2-8,10H,9H2,1H3,(H,18,21)(H,19,20)/t10-/m1/s1. The maximum atomic E-state index is 11.8. The van der Waals surface area contributed by atoms with Crippen molar-refractivity contribution in [3.05, 3.63) is 69.1 Å². The number of benzene rings is 1. The molecular weight excluding hydrogens is 320 g/mol. The number of carbonyl (C=O) groups is 2. The maximum Gasteiger partial charge on any atom is 0.344 e. The van der Waals surface area contributed by atoms with Gasteiger partial charge in [-0.1, -0.05) is 29.8 Å². The van der Waals surface area contributed by atoms with E-state index in [-0.39, 0.29) is 11.6 Å². The fourth-order valence-electron chi connectivity index (χ4n) is 1.98. The topological polar surface area (TPSA) is 88.3 Å². The average molecular weight is 335 g/mol. The number of carbonyl (C=O) groups excluding carboxylic acids is 2. The van der Waals surface area contributed by atoms with Crippen molar-refractivity contribution in [1.29, 1.82) is 0 Å². The number of aromatic nitrogens is 1. The second-order valence-corrected chi connectivity index (χ2v) is 5.21. The number of aromatic amines is 1. The fraction of sp³-hybridized carbons (Fsp3) is 0.188. The molecule has 0 saturated carbocycles. The molecule has 0 aliphatic carbocycles. The van der Waals surface area contributed by atoms with Crippen molar-refractivity contribution in [2.24, 2.45) is 0 Å². The highest BCUT2D eigenvalue weighted by Crippen LogP contribution is 2.21. The number of ether oxygens (including phenoxy) is 1. The molecule has 1 aromatic carbocycles. The number of halogens is 1. The summed E-state index contributed by atoms with van der Waals surface area (Å²) in [6.45, 7) is 1.28. The van der Waals surface area contributed by atoms with Gasteiger partial charge in [-0.15, -0.1) is 0 Å². The zero-order valence-corrected chi connectivity index (χ0v) is 13.1. The van der Waals surface area contributed by atoms with Gasteiger partial charge in [-0.25, -0.2) is 4.79 Å². The Balaban J connectivity index is 1.91. The molecule has 0 aliphatic rings. The Morgan fingerprint density at radius 1 is 1.26 bits per heavy atom. The van der Waals surface area contributed by atoms with E-state index in [0.29, 0.717) is 5.02 Å². The van der Waals surface area contributed by atoms with Gasteiger partial charge in [-0.05, 0) is 30.7 Å². The van der Waals surface area contributed by atoms with E-state index in [1.54, 1.807) is 25.1 Å². The van der Waals surface area contributed by atoms with Crippen molar-refractivity contribution >= 4 is 23.5 Å². The van der Waals surface area contributed by atoms with E-state index in [1.165, 1.54) is 18.3 Å². The molecule has 0 fully saturated rings. The first-order chi connectivity index (χ1) is 11.0. The summed E-state index contributed by atoms with van der Waals surface area (Å²) in [6.07, 6.45) is 1.40. The number of amides is 1. The Bertz CT molecular complexity index is 772. The predicted octanol–water partition coefficient (Wildman–Crippen LogP) is 2.06. The SMILES string of the molecule is C[C@@H](NC(=O)COC(=O)c1ccc[nH]c1=O)c1ccccc1Cl. The van der Waals surface area contributed by atoms with Crippen LogP contribution in [-0.4, -0.2) is 23.5 Å². The zero-order valence-electron chi connectivity index (χ0n) is 12.3. The van der Waals surface area contributed by atoms with Gasteiger partial charge in [0.25, 0.3) is 11.5 Å². The quantitative estimate of drug-likeness (QED) is 0.819. The van der Waals surface area contributed by atoms with Gasteiger partial charge in [0.15, 0.2) is 6.61 Å². The predicted molar refractivity (Wildman–Crippen MR) is 85.4 cm³/mol. The molecule has 120 valence electrons. The van der Waals surface area contributed by atoms with Crippen LogP contribution in [0.1, 0.15) is 28.9 Å². The summed E-state index contributed by atoms with van der Waals surface area (Å²) in [7, 11) is 0. The summed E-state index contributed by atoms with van der Waals surface area (Å²) in [5.74, 6) is -1.34. The molecule has 0 bridgehead atoms. The van der Waals surface area contributed by atoms with E-state index >= 15 is 0 Å². The smallest absolute Gasteiger partial charge is 0.344 e. The number of hydrogen-bond acceptors (Lipinski definition) is 4. The molecule has 1 heterocycles. The Morgan fingerprint density at radius 3 is 2.70 bits per heavy atom. The highest BCUT2D eigenvalue weighted by Gasteiger charge is 2.16. The lowest BCUT2D eigenvalue weighted by atomic mass is 10.1. The number of rotatable bonds is 5. The van der Waals surface area contributed by atoms with Crippen molar-refractivity contribution in [1.82, 2.24) is 10.3 Å². The molecule has 6 nitrogen and oxygen atoms in total. The summed E-state index contributed by atoms with van der Waals surface area (Å²) < 4.78 is 4.83. The van der Waals surface area contributed by atoms with Crippen LogP contribution in [0.25, 0.3) is 0 Å². The summed E-state index contributed by atoms with van der Waals surface area (Å²) >= 11 is 6.05. The first-order valence-corrected chi connectivity index (χ1v) is 7.25. The molecular formula is C16H15ClN2O4. The number of hydrogen-bond donors (Lipinski definition) is 2. The molecule has 2 aromatic rings. The van der Waals surface area contributed by atoms with Gasteiger partial charge in [-0.3, -0.25) is 9.59 Å². The Labute approximate surface area is 137 Å². The van der Waals surface area contributed by atoms with Crippen molar-refractivity contribution in [2.75, 3.05) is 6.61 Å². The van der Waals surface area contributed by atoms with Gasteiger partial charge < -0.3 is 15.0 Å². The fourth-order valence-corrected chi connectivity index (χ4v) is 2.28. The van der Waals surface area contributed by atoms with Crippen molar-refractivity contribution in [2.45, 2.75) is 13.0 Å². The van der Waals surface area contributed by atoms with Gasteiger partial charge in [0.1, 0.15) is 5.56 Å². The third-order valence-electron chi connectivity index (χ3n) is 3.12. The Kier molecular flexibility index (Phi) is 5.54. The van der Waals surface area contributed by atoms with Gasteiger partial charge in [0.2, 0.25) is 0 Å². The van der Waals surface area contributed by atoms with Crippen LogP contribution in [0.5, 0.6) is 0 Å². The second-order valence-electron chi connectivity index (χ2n) is 4.80. The van der Waals surface area contributed by atoms with Crippen LogP contribution in [0.3, 0.4) is 0 Å². The number of pyridine rings is 1. The molecule has 7 heteroatoms. The third-order valence-corrected chi connectivity index (χ3v) is 3.47. The molecule has 2 rings (SSSR count). The van der Waals surface area contributed by atoms with Crippen LogP contribution in [0, 0.1) is 0 Å². The molecule has 1 amide bonds. The molecule has 1 atom stereocenters. The van der Waals surface area contributed by atoms with E-state index < -0.39 is 24.0 Å². The van der Waals surface area contributed by atoms with Crippen LogP contribution >= 0.6 is 11.6 Å². The summed E-state index contributed by atoms with van der Waals surface area (Å²) in [5.41, 5.74) is 0.0372. The highest BCUT2D eigenvalue weighted by atomic mass is 35.5. The lowest BCUT2D eigenvalue weighted by Gasteiger charge is -2.15. The van der Waals surface area contributed by atoms with E-state index in [0.717, 1.165) is 5.56 Å². The minimum Gasteiger partial charge on any atom is -0.452 e. The molecule has 2 N–H and O–H groups in total. The zero-order chi connectivity index (χ0) is 16.8. The van der Waals surface area contributed by atoms with Gasteiger partial charge >= 0.3 is 5.97 Å². The molecule has 23 heavy (non-hydrogen) atoms. The highest BCUT2D eigenvalue weighted by molar-refractivity contribution is 6.31. The van der Waals surface area contributed by atoms with E-state index in [1.807, 2.05) is 6.07 Å². The van der Waals surface area contributed by atoms with E-state index in [4.69, 9.17) is 16.3 Å². The maximum absolute atomic E-state index is 11.8. The van der Waals surface area contributed by atoms with Crippen LogP contribution in [0.15, 0.2) is 47.4 Å². The van der Waals surface area contributed by atoms with Crippen molar-refractivity contribution in [3.8, 4) is 0 Å². The Hall–Kier alpha value is -2.60. The first kappa shape index (κ1) is 16.8. The van der Waals surface area contributed by atoms with Gasteiger partial charge in [0, 0.05) is 11.2 Å². The molecule has 0 unspecified atom stereocenters. The van der Waals surface area contributed by atoms with Crippen LogP contribution in [-0.2, 0) is 9.53 Å². The van der Waals surface area contributed by atoms with Gasteiger partial charge in [0.05, 0.1) is 6.04 Å². The average Bonchev–Trinajstić information content (AvgIpc) is 2.53. The summed E-state index contributed by atoms with van der Waals surface area (Å²) in [5, 5.41) is 3.21. The first-order valence-electron chi connectivity index (χ1n) is 6.87. The van der Waals surface area contributed by atoms with Crippen LogP contribution in [0.4, 0.5) is 0 Å². The lowest BCUT2D eigenvalue weighted by molar-refractivity contribution is -0.124. The number of H-pyrrole nitrogens is 1. The molecule has 0 aliphatic heterocycles. The molecule has 1 aromatic heterocycles. The van der Waals surface area contributed by atoms with Crippen LogP contribution in [0.2, 0.25) is 5.02 Å². The van der Waals surface area contributed by atoms with Gasteiger partial charge in [-0.2, -0.15) is 0 Å². The van der Waals surface area contributed by atoms with Crippen LogP contribution < -0.4 is 10.9 Å². The lowest BCUT2D eigenvalue weighted by Crippen LogP contribution is -2.32. The normalized spacial score (nSPS) is 11.6. The minimum atomic E-state index is -0.854. The van der Waals surface area contributed by atoms with Crippen molar-refractivity contribution in [3.63, 3.8) is 0 Å². The molecule has 0 spiro atoms. The Morgan fingerprint density at radius 2 is 2.00 bits per heavy atom. The largest absolute Gasteiger partial charge is 0.452 e. The summed E-state index contributed by atoms with van der Waals surface area (Å²) in [6, 6.07) is 9.60. The molecule has 0 saturated heterocycles. The molecule has 0 radical (unpaired) electrons. The number of nitrogens with one attached hydrogen (secondary N) is 2. The van der Waals surface area contributed by atoms with Crippen molar-refractivity contribution < 1.29 is 14.3 Å². The monoisotopic (exact) mass is 334 g/mol. The van der Waals surface area contributed by atoms with E-state index in [9.17, 15) is 14.4 Å². The minimum absolute atomic E-state index is 0.153. The van der Waals surface area contributed by atoms with E-state index in [2.05, 4.69) is 10.3 Å². The summed E-state index contributed by atoms with van der Waals surface area (Å²) in [4.78, 5) is 37.4. The second kappa shape index (κ2) is 7.60. The third kappa shape index (κ3) is 4.43. The number of esters is 1.